The maximum absolute atomic E-state index is 12.6. The van der Waals surface area contributed by atoms with Crippen LogP contribution in [0, 0.1) is 6.92 Å². The Morgan fingerprint density at radius 3 is 2.71 bits per heavy atom. The van der Waals surface area contributed by atoms with Crippen molar-refractivity contribution in [1.29, 1.82) is 0 Å². The van der Waals surface area contributed by atoms with E-state index in [0.717, 1.165) is 11.1 Å². The van der Waals surface area contributed by atoms with Crippen LogP contribution in [-0.4, -0.2) is 32.7 Å². The number of amides is 3. The quantitative estimate of drug-likeness (QED) is 0.514. The van der Waals surface area contributed by atoms with Crippen LogP contribution in [0.4, 0.5) is 5.69 Å². The molecule has 0 radical (unpaired) electrons. The van der Waals surface area contributed by atoms with E-state index in [-0.39, 0.29) is 23.7 Å². The third kappa shape index (κ3) is 3.83. The molecule has 2 aromatic heterocycles. The van der Waals surface area contributed by atoms with Crippen molar-refractivity contribution in [3.63, 3.8) is 0 Å². The first-order valence-electron chi connectivity index (χ1n) is 8.70. The molecule has 2 heterocycles. The normalized spacial score (nSPS) is 10.6. The third-order valence-electron chi connectivity index (χ3n) is 4.29. The van der Waals surface area contributed by atoms with Crippen LogP contribution in [0.1, 0.15) is 45.3 Å². The Bertz CT molecular complexity index is 1070. The summed E-state index contributed by atoms with van der Waals surface area (Å²) in [6.07, 6.45) is 3.00. The van der Waals surface area contributed by atoms with E-state index < -0.39 is 11.8 Å². The molecule has 3 rings (SSSR count). The lowest BCUT2D eigenvalue weighted by Crippen LogP contribution is -2.24. The zero-order valence-corrected chi connectivity index (χ0v) is 15.5. The highest BCUT2D eigenvalue weighted by atomic mass is 16.2. The maximum Gasteiger partial charge on any atom is 0.272 e. The largest absolute Gasteiger partial charge is 0.365 e. The number of aromatic amines is 1. The van der Waals surface area contributed by atoms with Crippen molar-refractivity contribution in [3.05, 3.63) is 53.1 Å². The van der Waals surface area contributed by atoms with Crippen LogP contribution < -0.4 is 16.4 Å². The standard InChI is InChI=1S/C19H20N6O3/c1-3-14(26)25-13-6-11(5-4-10(13)2)7-22-19(28)17-16-15(23-9-24-17)12(8-21-16)18(20)27/h4-6,8-9,21H,3,7H2,1-2H3,(H2,20,27)(H,22,28)(H,25,26). The summed E-state index contributed by atoms with van der Waals surface area (Å²) in [7, 11) is 0. The molecule has 0 saturated heterocycles. The fourth-order valence-electron chi connectivity index (χ4n) is 2.72. The molecule has 5 N–H and O–H groups in total. The predicted molar refractivity (Wildman–Crippen MR) is 104 cm³/mol. The molecule has 9 heteroatoms. The Hall–Kier alpha value is -3.75. The minimum atomic E-state index is -0.641. The number of rotatable bonds is 6. The topological polar surface area (TPSA) is 143 Å². The minimum absolute atomic E-state index is 0.0790. The zero-order chi connectivity index (χ0) is 20.3. The number of aromatic nitrogens is 3. The number of aryl methyl sites for hydroxylation is 1. The molecule has 3 amide bonds. The van der Waals surface area contributed by atoms with E-state index in [1.165, 1.54) is 12.5 Å². The molecule has 0 aliphatic heterocycles. The van der Waals surface area contributed by atoms with E-state index in [2.05, 4.69) is 25.6 Å². The Balaban J connectivity index is 1.78. The van der Waals surface area contributed by atoms with E-state index in [4.69, 9.17) is 5.73 Å². The van der Waals surface area contributed by atoms with Crippen molar-refractivity contribution in [1.82, 2.24) is 20.3 Å². The molecule has 0 spiro atoms. The molecule has 0 aliphatic rings. The summed E-state index contributed by atoms with van der Waals surface area (Å²) < 4.78 is 0. The van der Waals surface area contributed by atoms with Crippen molar-refractivity contribution >= 4 is 34.4 Å². The molecular formula is C19H20N6O3. The van der Waals surface area contributed by atoms with Gasteiger partial charge in [-0.05, 0) is 24.1 Å². The number of hydrogen-bond acceptors (Lipinski definition) is 5. The number of benzene rings is 1. The van der Waals surface area contributed by atoms with Crippen molar-refractivity contribution in [3.8, 4) is 0 Å². The number of carbonyl (C=O) groups is 3. The van der Waals surface area contributed by atoms with E-state index in [1.807, 2.05) is 25.1 Å². The lowest BCUT2D eigenvalue weighted by Gasteiger charge is -2.11. The lowest BCUT2D eigenvalue weighted by atomic mass is 10.1. The fourth-order valence-corrected chi connectivity index (χ4v) is 2.72. The summed E-state index contributed by atoms with van der Waals surface area (Å²) >= 11 is 0. The summed E-state index contributed by atoms with van der Waals surface area (Å²) in [5.74, 6) is -1.15. The van der Waals surface area contributed by atoms with Gasteiger partial charge in [0.2, 0.25) is 5.91 Å². The number of carbonyl (C=O) groups excluding carboxylic acids is 3. The first-order chi connectivity index (χ1) is 13.4. The molecular weight excluding hydrogens is 360 g/mol. The van der Waals surface area contributed by atoms with Gasteiger partial charge in [-0.15, -0.1) is 0 Å². The number of hydrogen-bond donors (Lipinski definition) is 4. The molecule has 0 unspecified atom stereocenters. The number of nitrogens with zero attached hydrogens (tertiary/aromatic N) is 2. The summed E-state index contributed by atoms with van der Waals surface area (Å²) in [4.78, 5) is 46.5. The van der Waals surface area contributed by atoms with Gasteiger partial charge in [-0.3, -0.25) is 14.4 Å². The summed E-state index contributed by atoms with van der Waals surface area (Å²) in [5, 5.41) is 5.62. The van der Waals surface area contributed by atoms with Crippen molar-refractivity contribution in [2.75, 3.05) is 5.32 Å². The highest BCUT2D eigenvalue weighted by molar-refractivity contribution is 6.10. The summed E-state index contributed by atoms with van der Waals surface area (Å²) in [5.41, 5.74) is 8.71. The molecule has 0 bridgehead atoms. The monoisotopic (exact) mass is 380 g/mol. The van der Waals surface area contributed by atoms with Gasteiger partial charge in [-0.2, -0.15) is 0 Å². The second-order valence-electron chi connectivity index (χ2n) is 6.25. The first-order valence-corrected chi connectivity index (χ1v) is 8.70. The smallest absolute Gasteiger partial charge is 0.272 e. The average molecular weight is 380 g/mol. The summed E-state index contributed by atoms with van der Waals surface area (Å²) in [6, 6.07) is 5.56. The molecule has 0 fully saturated rings. The van der Waals surface area contributed by atoms with Gasteiger partial charge in [-0.1, -0.05) is 19.1 Å². The van der Waals surface area contributed by atoms with Gasteiger partial charge in [0.1, 0.15) is 11.8 Å². The van der Waals surface area contributed by atoms with E-state index >= 15 is 0 Å². The highest BCUT2D eigenvalue weighted by Crippen LogP contribution is 2.19. The molecule has 144 valence electrons. The van der Waals surface area contributed by atoms with Gasteiger partial charge < -0.3 is 21.4 Å². The molecule has 0 saturated carbocycles. The molecule has 0 atom stereocenters. The number of nitrogens with one attached hydrogen (secondary N) is 3. The third-order valence-corrected chi connectivity index (χ3v) is 4.29. The number of fused-ring (bicyclic) bond motifs is 1. The van der Waals surface area contributed by atoms with E-state index in [1.54, 1.807) is 6.92 Å². The van der Waals surface area contributed by atoms with Crippen LogP contribution in [0.3, 0.4) is 0 Å². The number of anilines is 1. The molecule has 0 aliphatic carbocycles. The predicted octanol–water partition coefficient (Wildman–Crippen LogP) is 1.64. The second-order valence-corrected chi connectivity index (χ2v) is 6.25. The van der Waals surface area contributed by atoms with Gasteiger partial charge in [0, 0.05) is 24.8 Å². The fraction of sp³-hybridized carbons (Fsp3) is 0.211. The van der Waals surface area contributed by atoms with Crippen molar-refractivity contribution < 1.29 is 14.4 Å². The van der Waals surface area contributed by atoms with Gasteiger partial charge in [0.25, 0.3) is 11.8 Å². The molecule has 28 heavy (non-hydrogen) atoms. The second kappa shape index (κ2) is 7.87. The molecule has 3 aromatic rings. The zero-order valence-electron chi connectivity index (χ0n) is 15.5. The average Bonchev–Trinajstić information content (AvgIpc) is 3.12. The summed E-state index contributed by atoms with van der Waals surface area (Å²) in [6.45, 7) is 3.91. The van der Waals surface area contributed by atoms with Crippen molar-refractivity contribution in [2.24, 2.45) is 5.73 Å². The Morgan fingerprint density at radius 1 is 1.21 bits per heavy atom. The van der Waals surface area contributed by atoms with E-state index in [0.29, 0.717) is 23.1 Å². The van der Waals surface area contributed by atoms with E-state index in [9.17, 15) is 14.4 Å². The van der Waals surface area contributed by atoms with Crippen LogP contribution in [0.2, 0.25) is 0 Å². The van der Waals surface area contributed by atoms with Crippen molar-refractivity contribution in [2.45, 2.75) is 26.8 Å². The Labute approximate surface area is 160 Å². The van der Waals surface area contributed by atoms with Gasteiger partial charge >= 0.3 is 0 Å². The van der Waals surface area contributed by atoms with Gasteiger partial charge in [0.05, 0.1) is 11.1 Å². The van der Waals surface area contributed by atoms with Crippen LogP contribution in [0.25, 0.3) is 11.0 Å². The van der Waals surface area contributed by atoms with Gasteiger partial charge in [0.15, 0.2) is 5.69 Å². The van der Waals surface area contributed by atoms with Crippen LogP contribution >= 0.6 is 0 Å². The Kier molecular flexibility index (Phi) is 5.35. The Morgan fingerprint density at radius 2 is 2.00 bits per heavy atom. The number of H-pyrrole nitrogens is 1. The van der Waals surface area contributed by atoms with Gasteiger partial charge in [-0.25, -0.2) is 9.97 Å². The molecule has 9 nitrogen and oxygen atoms in total. The highest BCUT2D eigenvalue weighted by Gasteiger charge is 2.18. The minimum Gasteiger partial charge on any atom is -0.365 e. The van der Waals surface area contributed by atoms with Crippen LogP contribution in [0.5, 0.6) is 0 Å². The van der Waals surface area contributed by atoms with Crippen LogP contribution in [0.15, 0.2) is 30.7 Å². The first kappa shape index (κ1) is 19.0. The van der Waals surface area contributed by atoms with Crippen LogP contribution in [-0.2, 0) is 11.3 Å². The maximum atomic E-state index is 12.6. The number of primary amides is 1. The molecule has 1 aromatic carbocycles. The lowest BCUT2D eigenvalue weighted by molar-refractivity contribution is -0.115. The number of nitrogens with two attached hydrogens (primary N) is 1. The SMILES string of the molecule is CCC(=O)Nc1cc(CNC(=O)c2ncnc3c(C(N)=O)c[nH]c23)ccc1C.